The highest BCUT2D eigenvalue weighted by Gasteiger charge is 2.41. The zero-order chi connectivity index (χ0) is 15.3. The van der Waals surface area contributed by atoms with Crippen molar-refractivity contribution in [2.75, 3.05) is 19.6 Å². The van der Waals surface area contributed by atoms with E-state index in [0.717, 1.165) is 12.8 Å². The predicted molar refractivity (Wildman–Crippen MR) is 78.2 cm³/mol. The minimum atomic E-state index is -0.809. The van der Waals surface area contributed by atoms with Gasteiger partial charge in [0.2, 0.25) is 5.91 Å². The molecule has 116 valence electrons. The van der Waals surface area contributed by atoms with Crippen LogP contribution in [0.3, 0.4) is 0 Å². The number of aliphatic carboxylic acids is 1. The van der Waals surface area contributed by atoms with Crippen molar-refractivity contribution in [3.8, 4) is 0 Å². The minimum absolute atomic E-state index is 0.0812. The highest BCUT2D eigenvalue weighted by molar-refractivity contribution is 5.80. The molecule has 2 unspecified atom stereocenters. The van der Waals surface area contributed by atoms with Gasteiger partial charge in [0, 0.05) is 19.5 Å². The molecule has 0 aliphatic carbocycles. The highest BCUT2D eigenvalue weighted by Crippen LogP contribution is 2.31. The zero-order valence-corrected chi connectivity index (χ0v) is 12.9. The van der Waals surface area contributed by atoms with E-state index in [9.17, 15) is 14.7 Å². The standard InChI is InChI=1S/C15H28N2O3/c1-11(2)12(6-8-16)4-5-13(18)17-9-7-15(3,10-17)14(19)20/h11-12H,4-10,16H2,1-3H3,(H,19,20). The topological polar surface area (TPSA) is 83.6 Å². The third-order valence-corrected chi connectivity index (χ3v) is 4.55. The lowest BCUT2D eigenvalue weighted by molar-refractivity contribution is -0.147. The van der Waals surface area contributed by atoms with E-state index in [1.165, 1.54) is 0 Å². The van der Waals surface area contributed by atoms with Gasteiger partial charge in [-0.25, -0.2) is 0 Å². The molecule has 1 heterocycles. The van der Waals surface area contributed by atoms with E-state index >= 15 is 0 Å². The van der Waals surface area contributed by atoms with Crippen molar-refractivity contribution in [1.82, 2.24) is 4.90 Å². The Kier molecular flexibility index (Phi) is 5.99. The number of carbonyl (C=O) groups excluding carboxylic acids is 1. The summed E-state index contributed by atoms with van der Waals surface area (Å²) in [6.45, 7) is 7.57. The number of nitrogens with zero attached hydrogens (tertiary/aromatic N) is 1. The van der Waals surface area contributed by atoms with E-state index in [2.05, 4.69) is 13.8 Å². The maximum absolute atomic E-state index is 12.2. The van der Waals surface area contributed by atoms with E-state index in [1.807, 2.05) is 0 Å². The fraction of sp³-hybridized carbons (Fsp3) is 0.867. The molecule has 20 heavy (non-hydrogen) atoms. The summed E-state index contributed by atoms with van der Waals surface area (Å²) in [7, 11) is 0. The molecule has 1 amide bonds. The lowest BCUT2D eigenvalue weighted by atomic mass is 9.88. The van der Waals surface area contributed by atoms with Crippen molar-refractivity contribution >= 4 is 11.9 Å². The number of nitrogens with two attached hydrogens (primary N) is 1. The van der Waals surface area contributed by atoms with Gasteiger partial charge in [0.15, 0.2) is 0 Å². The number of carboxylic acid groups (broad SMARTS) is 1. The second kappa shape index (κ2) is 7.07. The van der Waals surface area contributed by atoms with Crippen molar-refractivity contribution in [3.05, 3.63) is 0 Å². The molecule has 1 aliphatic heterocycles. The molecule has 0 aromatic carbocycles. The van der Waals surface area contributed by atoms with Crippen LogP contribution in [0.2, 0.25) is 0 Å². The molecular formula is C15H28N2O3. The number of hydrogen-bond donors (Lipinski definition) is 2. The SMILES string of the molecule is CC(C)C(CCN)CCC(=O)N1CCC(C)(C(=O)O)C1. The van der Waals surface area contributed by atoms with Gasteiger partial charge in [0.05, 0.1) is 5.41 Å². The quantitative estimate of drug-likeness (QED) is 0.745. The molecular weight excluding hydrogens is 256 g/mol. The van der Waals surface area contributed by atoms with Gasteiger partial charge >= 0.3 is 5.97 Å². The lowest BCUT2D eigenvalue weighted by Crippen LogP contribution is -2.35. The molecule has 1 aliphatic rings. The molecule has 0 aromatic heterocycles. The van der Waals surface area contributed by atoms with Crippen LogP contribution >= 0.6 is 0 Å². The van der Waals surface area contributed by atoms with Crippen molar-refractivity contribution < 1.29 is 14.7 Å². The number of rotatable bonds is 7. The summed E-state index contributed by atoms with van der Waals surface area (Å²) >= 11 is 0. The Balaban J connectivity index is 2.46. The van der Waals surface area contributed by atoms with Gasteiger partial charge in [-0.1, -0.05) is 13.8 Å². The van der Waals surface area contributed by atoms with Crippen LogP contribution in [0.5, 0.6) is 0 Å². The first-order valence-corrected chi connectivity index (χ1v) is 7.51. The second-order valence-corrected chi connectivity index (χ2v) is 6.55. The monoisotopic (exact) mass is 284 g/mol. The van der Waals surface area contributed by atoms with Gasteiger partial charge in [-0.05, 0) is 44.6 Å². The summed E-state index contributed by atoms with van der Waals surface area (Å²) < 4.78 is 0. The summed E-state index contributed by atoms with van der Waals surface area (Å²) in [5.41, 5.74) is 4.83. The maximum atomic E-state index is 12.2. The van der Waals surface area contributed by atoms with Crippen molar-refractivity contribution in [2.45, 2.75) is 46.5 Å². The molecule has 3 N–H and O–H groups in total. The number of amides is 1. The summed E-state index contributed by atoms with van der Waals surface area (Å²) in [6, 6.07) is 0. The number of carbonyl (C=O) groups is 2. The van der Waals surface area contributed by atoms with Crippen LogP contribution in [0, 0.1) is 17.3 Å². The van der Waals surface area contributed by atoms with Crippen LogP contribution in [0.25, 0.3) is 0 Å². The summed E-state index contributed by atoms with van der Waals surface area (Å²) in [4.78, 5) is 25.1. The normalized spacial score (nSPS) is 24.1. The number of hydrogen-bond acceptors (Lipinski definition) is 3. The van der Waals surface area contributed by atoms with E-state index in [-0.39, 0.29) is 5.91 Å². The van der Waals surface area contributed by atoms with E-state index in [0.29, 0.717) is 44.3 Å². The summed E-state index contributed by atoms with van der Waals surface area (Å²) in [5, 5.41) is 9.18. The molecule has 0 aromatic rings. The molecule has 1 rings (SSSR count). The fourth-order valence-electron chi connectivity index (χ4n) is 2.84. The lowest BCUT2D eigenvalue weighted by Gasteiger charge is -2.23. The Morgan fingerprint density at radius 1 is 1.35 bits per heavy atom. The van der Waals surface area contributed by atoms with Gasteiger partial charge in [-0.3, -0.25) is 9.59 Å². The number of carboxylic acids is 1. The second-order valence-electron chi connectivity index (χ2n) is 6.55. The first-order valence-electron chi connectivity index (χ1n) is 7.51. The molecule has 1 saturated heterocycles. The van der Waals surface area contributed by atoms with Gasteiger partial charge < -0.3 is 15.7 Å². The van der Waals surface area contributed by atoms with Crippen molar-refractivity contribution in [3.63, 3.8) is 0 Å². The first kappa shape index (κ1) is 17.0. The first-order chi connectivity index (χ1) is 9.30. The molecule has 5 nitrogen and oxygen atoms in total. The molecule has 0 spiro atoms. The van der Waals surface area contributed by atoms with Gasteiger partial charge in [0.25, 0.3) is 0 Å². The molecule has 5 heteroatoms. The maximum Gasteiger partial charge on any atom is 0.311 e. The third-order valence-electron chi connectivity index (χ3n) is 4.55. The van der Waals surface area contributed by atoms with Gasteiger partial charge in [-0.15, -0.1) is 0 Å². The average Bonchev–Trinajstić information content (AvgIpc) is 2.78. The minimum Gasteiger partial charge on any atom is -0.481 e. The Labute approximate surface area is 121 Å². The van der Waals surface area contributed by atoms with E-state index in [4.69, 9.17) is 5.73 Å². The average molecular weight is 284 g/mol. The summed E-state index contributed by atoms with van der Waals surface area (Å²) in [6.07, 6.45) is 2.83. The van der Waals surface area contributed by atoms with E-state index < -0.39 is 11.4 Å². The van der Waals surface area contributed by atoms with Crippen LogP contribution in [-0.4, -0.2) is 41.5 Å². The number of likely N-dealkylation sites (tertiary alicyclic amines) is 1. The fourth-order valence-corrected chi connectivity index (χ4v) is 2.84. The van der Waals surface area contributed by atoms with Crippen LogP contribution in [0.1, 0.15) is 46.5 Å². The Morgan fingerprint density at radius 3 is 2.45 bits per heavy atom. The van der Waals surface area contributed by atoms with Gasteiger partial charge in [0.1, 0.15) is 0 Å². The smallest absolute Gasteiger partial charge is 0.311 e. The largest absolute Gasteiger partial charge is 0.481 e. The van der Waals surface area contributed by atoms with Crippen LogP contribution < -0.4 is 5.73 Å². The van der Waals surface area contributed by atoms with Crippen LogP contribution in [0.4, 0.5) is 0 Å². The zero-order valence-electron chi connectivity index (χ0n) is 12.9. The molecule has 1 fully saturated rings. The molecule has 0 saturated carbocycles. The summed E-state index contributed by atoms with van der Waals surface area (Å²) in [5.74, 6) is 0.264. The third kappa shape index (κ3) is 4.20. The van der Waals surface area contributed by atoms with Gasteiger partial charge in [-0.2, -0.15) is 0 Å². The molecule has 2 atom stereocenters. The van der Waals surface area contributed by atoms with Crippen LogP contribution in [-0.2, 0) is 9.59 Å². The Hall–Kier alpha value is -1.10. The Bertz CT molecular complexity index is 357. The Morgan fingerprint density at radius 2 is 2.00 bits per heavy atom. The highest BCUT2D eigenvalue weighted by atomic mass is 16.4. The van der Waals surface area contributed by atoms with E-state index in [1.54, 1.807) is 11.8 Å². The van der Waals surface area contributed by atoms with Crippen molar-refractivity contribution in [2.24, 2.45) is 23.0 Å². The van der Waals surface area contributed by atoms with Crippen LogP contribution in [0.15, 0.2) is 0 Å². The van der Waals surface area contributed by atoms with Crippen molar-refractivity contribution in [1.29, 1.82) is 0 Å². The molecule has 0 bridgehead atoms. The predicted octanol–water partition coefficient (Wildman–Crippen LogP) is 1.71. The molecule has 0 radical (unpaired) electrons.